The van der Waals surface area contributed by atoms with Crippen LogP contribution in [0.2, 0.25) is 0 Å². The third kappa shape index (κ3) is 3.22. The summed E-state index contributed by atoms with van der Waals surface area (Å²) in [4.78, 5) is 16.1. The normalized spacial score (nSPS) is 9.70. The van der Waals surface area contributed by atoms with Gasteiger partial charge in [0.2, 0.25) is 0 Å². The first-order valence-corrected chi connectivity index (χ1v) is 6.10. The molecule has 0 spiro atoms. The number of hydrogen-bond donors (Lipinski definition) is 2. The number of amides is 1. The summed E-state index contributed by atoms with van der Waals surface area (Å²) in [6, 6.07) is 3.49. The van der Waals surface area contributed by atoms with E-state index in [0.717, 1.165) is 5.69 Å². The van der Waals surface area contributed by atoms with E-state index in [1.54, 1.807) is 29.3 Å². The van der Waals surface area contributed by atoms with E-state index in [9.17, 15) is 4.79 Å². The zero-order valence-corrected chi connectivity index (χ0v) is 11.1. The second kappa shape index (κ2) is 6.50. The van der Waals surface area contributed by atoms with E-state index in [4.69, 9.17) is 5.73 Å². The van der Waals surface area contributed by atoms with Crippen molar-refractivity contribution in [3.63, 3.8) is 0 Å². The largest absolute Gasteiger partial charge is 0.346 e. The molecule has 0 saturated carbocycles. The fourth-order valence-electron chi connectivity index (χ4n) is 1.68. The Labute approximate surface area is 117 Å². The first-order valence-electron chi connectivity index (χ1n) is 6.10. The summed E-state index contributed by atoms with van der Waals surface area (Å²) in [5.74, 6) is 5.37. The van der Waals surface area contributed by atoms with Crippen molar-refractivity contribution in [3.8, 4) is 11.8 Å². The number of rotatable bonds is 3. The average molecular weight is 269 g/mol. The molecular formula is C14H15N5O. The zero-order chi connectivity index (χ0) is 14.4. The molecule has 0 radical (unpaired) electrons. The Morgan fingerprint density at radius 3 is 3.00 bits per heavy atom. The molecule has 0 aromatic carbocycles. The van der Waals surface area contributed by atoms with Crippen LogP contribution in [0.5, 0.6) is 0 Å². The van der Waals surface area contributed by atoms with Crippen LogP contribution in [0.25, 0.3) is 0 Å². The number of carbonyl (C=O) groups is 1. The Morgan fingerprint density at radius 1 is 1.45 bits per heavy atom. The number of nitrogens with two attached hydrogens (primary N) is 1. The van der Waals surface area contributed by atoms with Crippen LogP contribution < -0.4 is 11.1 Å². The molecule has 0 atom stereocenters. The molecule has 102 valence electrons. The lowest BCUT2D eigenvalue weighted by Crippen LogP contribution is -2.25. The SMILES string of the molecule is Cn1nccc1CNC(=O)c1ccncc1C#CCN. The number of nitrogens with zero attached hydrogens (tertiary/aromatic N) is 3. The maximum absolute atomic E-state index is 12.2. The fraction of sp³-hybridized carbons (Fsp3) is 0.214. The molecule has 6 heteroatoms. The summed E-state index contributed by atoms with van der Waals surface area (Å²) in [5, 5.41) is 6.88. The molecule has 0 aliphatic carbocycles. The van der Waals surface area contributed by atoms with Crippen LogP contribution in [0.3, 0.4) is 0 Å². The number of pyridine rings is 1. The minimum atomic E-state index is -0.199. The van der Waals surface area contributed by atoms with Gasteiger partial charge >= 0.3 is 0 Å². The minimum absolute atomic E-state index is 0.199. The number of aryl methyl sites for hydroxylation is 1. The molecule has 0 saturated heterocycles. The third-order valence-electron chi connectivity index (χ3n) is 2.74. The average Bonchev–Trinajstić information content (AvgIpc) is 2.88. The maximum atomic E-state index is 12.2. The highest BCUT2D eigenvalue weighted by molar-refractivity contribution is 5.96. The van der Waals surface area contributed by atoms with E-state index in [0.29, 0.717) is 17.7 Å². The van der Waals surface area contributed by atoms with E-state index in [1.807, 2.05) is 13.1 Å². The molecule has 0 fully saturated rings. The van der Waals surface area contributed by atoms with Crippen molar-refractivity contribution >= 4 is 5.91 Å². The first-order chi connectivity index (χ1) is 9.72. The van der Waals surface area contributed by atoms with Gasteiger partial charge in [0.15, 0.2) is 0 Å². The Balaban J connectivity index is 2.11. The van der Waals surface area contributed by atoms with Gasteiger partial charge in [0.05, 0.1) is 29.9 Å². The summed E-state index contributed by atoms with van der Waals surface area (Å²) in [6.07, 6.45) is 4.81. The van der Waals surface area contributed by atoms with Gasteiger partial charge in [-0.2, -0.15) is 5.10 Å². The van der Waals surface area contributed by atoms with Crippen molar-refractivity contribution in [2.24, 2.45) is 12.8 Å². The third-order valence-corrected chi connectivity index (χ3v) is 2.74. The minimum Gasteiger partial charge on any atom is -0.346 e. The molecule has 1 amide bonds. The second-order valence-electron chi connectivity index (χ2n) is 4.06. The summed E-state index contributed by atoms with van der Waals surface area (Å²) in [6.45, 7) is 0.645. The molecule has 20 heavy (non-hydrogen) atoms. The Morgan fingerprint density at radius 2 is 2.30 bits per heavy atom. The van der Waals surface area contributed by atoms with E-state index in [-0.39, 0.29) is 12.5 Å². The summed E-state index contributed by atoms with van der Waals surface area (Å²) < 4.78 is 1.71. The van der Waals surface area contributed by atoms with Gasteiger partial charge in [-0.25, -0.2) is 0 Å². The first kappa shape index (κ1) is 13.8. The Bertz CT molecular complexity index is 665. The van der Waals surface area contributed by atoms with Gasteiger partial charge in [0, 0.05) is 25.6 Å². The molecule has 0 bridgehead atoms. The van der Waals surface area contributed by atoms with Crippen molar-refractivity contribution in [2.45, 2.75) is 6.54 Å². The summed E-state index contributed by atoms with van der Waals surface area (Å²) >= 11 is 0. The van der Waals surface area contributed by atoms with Gasteiger partial charge in [0.1, 0.15) is 0 Å². The van der Waals surface area contributed by atoms with E-state index in [2.05, 4.69) is 27.2 Å². The molecule has 2 aromatic rings. The monoisotopic (exact) mass is 269 g/mol. The second-order valence-corrected chi connectivity index (χ2v) is 4.06. The van der Waals surface area contributed by atoms with E-state index < -0.39 is 0 Å². The van der Waals surface area contributed by atoms with Gasteiger partial charge in [-0.1, -0.05) is 11.8 Å². The van der Waals surface area contributed by atoms with Crippen LogP contribution >= 0.6 is 0 Å². The lowest BCUT2D eigenvalue weighted by atomic mass is 10.1. The van der Waals surface area contributed by atoms with Crippen LogP contribution in [-0.4, -0.2) is 27.2 Å². The van der Waals surface area contributed by atoms with E-state index in [1.165, 1.54) is 0 Å². The topological polar surface area (TPSA) is 85.8 Å². The molecule has 0 unspecified atom stereocenters. The van der Waals surface area contributed by atoms with Crippen molar-refractivity contribution < 1.29 is 4.79 Å². The highest BCUT2D eigenvalue weighted by atomic mass is 16.1. The van der Waals surface area contributed by atoms with Gasteiger partial charge in [0.25, 0.3) is 5.91 Å². The van der Waals surface area contributed by atoms with Crippen LogP contribution in [0, 0.1) is 11.8 Å². The van der Waals surface area contributed by atoms with Crippen LogP contribution in [0.15, 0.2) is 30.7 Å². The molecule has 0 aliphatic heterocycles. The molecule has 2 heterocycles. The lowest BCUT2D eigenvalue weighted by molar-refractivity contribution is 0.0949. The van der Waals surface area contributed by atoms with Gasteiger partial charge in [-0.15, -0.1) is 0 Å². The standard InChI is InChI=1S/C14H15N5O/c1-19-12(4-8-18-19)10-17-14(20)13-5-7-16-9-11(13)3-2-6-15/h4-5,7-9H,6,10,15H2,1H3,(H,17,20). The van der Waals surface area contributed by atoms with Crippen LogP contribution in [-0.2, 0) is 13.6 Å². The maximum Gasteiger partial charge on any atom is 0.252 e. The van der Waals surface area contributed by atoms with Gasteiger partial charge < -0.3 is 11.1 Å². The Kier molecular flexibility index (Phi) is 4.47. The van der Waals surface area contributed by atoms with Crippen molar-refractivity contribution in [3.05, 3.63) is 47.5 Å². The summed E-state index contributed by atoms with van der Waals surface area (Å²) in [5.41, 5.74) is 7.32. The van der Waals surface area contributed by atoms with E-state index >= 15 is 0 Å². The van der Waals surface area contributed by atoms with Gasteiger partial charge in [-0.05, 0) is 12.1 Å². The predicted octanol–water partition coefficient (Wildman–Crippen LogP) is 0.0553. The fourth-order valence-corrected chi connectivity index (χ4v) is 1.68. The molecule has 3 N–H and O–H groups in total. The smallest absolute Gasteiger partial charge is 0.252 e. The van der Waals surface area contributed by atoms with Crippen LogP contribution in [0.1, 0.15) is 21.6 Å². The highest BCUT2D eigenvalue weighted by Gasteiger charge is 2.10. The number of carbonyl (C=O) groups excluding carboxylic acids is 1. The summed E-state index contributed by atoms with van der Waals surface area (Å²) in [7, 11) is 1.83. The predicted molar refractivity (Wildman–Crippen MR) is 74.5 cm³/mol. The Hall–Kier alpha value is -2.65. The molecular weight excluding hydrogens is 254 g/mol. The molecule has 2 rings (SSSR count). The molecule has 2 aromatic heterocycles. The number of aromatic nitrogens is 3. The number of hydrogen-bond acceptors (Lipinski definition) is 4. The quantitative estimate of drug-likeness (QED) is 0.771. The molecule has 0 aliphatic rings. The van der Waals surface area contributed by atoms with Gasteiger partial charge in [-0.3, -0.25) is 14.5 Å². The lowest BCUT2D eigenvalue weighted by Gasteiger charge is -2.07. The van der Waals surface area contributed by atoms with Crippen molar-refractivity contribution in [1.82, 2.24) is 20.1 Å². The van der Waals surface area contributed by atoms with Crippen molar-refractivity contribution in [1.29, 1.82) is 0 Å². The van der Waals surface area contributed by atoms with Crippen LogP contribution in [0.4, 0.5) is 0 Å². The van der Waals surface area contributed by atoms with Crippen molar-refractivity contribution in [2.75, 3.05) is 6.54 Å². The molecule has 6 nitrogen and oxygen atoms in total. The number of nitrogens with one attached hydrogen (secondary N) is 1. The zero-order valence-electron chi connectivity index (χ0n) is 11.1. The highest BCUT2D eigenvalue weighted by Crippen LogP contribution is 2.06.